The van der Waals surface area contributed by atoms with Crippen LogP contribution in [0.1, 0.15) is 0 Å². The van der Waals surface area contributed by atoms with Crippen molar-refractivity contribution in [2.24, 2.45) is 0 Å². The van der Waals surface area contributed by atoms with Crippen LogP contribution in [0.25, 0.3) is 98.9 Å². The molecule has 4 heteroatoms. The Morgan fingerprint density at radius 3 is 1.11 bits per heavy atom. The minimum atomic E-state index is 0.652. The van der Waals surface area contributed by atoms with Crippen LogP contribution in [0.3, 0.4) is 0 Å². The van der Waals surface area contributed by atoms with Crippen molar-refractivity contribution in [1.29, 1.82) is 0 Å². The summed E-state index contributed by atoms with van der Waals surface area (Å²) in [4.78, 5) is 19.2. The van der Waals surface area contributed by atoms with Gasteiger partial charge < -0.3 is 0 Å². The first-order valence-corrected chi connectivity index (χ1v) is 18.1. The van der Waals surface area contributed by atoms with Gasteiger partial charge in [0.25, 0.3) is 0 Å². The summed E-state index contributed by atoms with van der Waals surface area (Å²) in [6.07, 6.45) is 7.32. The Kier molecular flexibility index (Phi) is 7.77. The number of rotatable bonds is 4. The molecule has 252 valence electrons. The zero-order chi connectivity index (χ0) is 35.8. The Hall–Kier alpha value is -7.30. The average molecular weight is 689 g/mol. The second-order valence-electron chi connectivity index (χ2n) is 13.5. The van der Waals surface area contributed by atoms with Crippen molar-refractivity contribution in [2.45, 2.75) is 0 Å². The van der Waals surface area contributed by atoms with E-state index in [9.17, 15) is 0 Å². The van der Waals surface area contributed by atoms with E-state index in [1.165, 1.54) is 37.7 Å². The Labute approximate surface area is 312 Å². The van der Waals surface area contributed by atoms with E-state index < -0.39 is 0 Å². The number of pyridine rings is 2. The maximum absolute atomic E-state index is 5.25. The van der Waals surface area contributed by atoms with Crippen molar-refractivity contribution in [1.82, 2.24) is 19.9 Å². The Morgan fingerprint density at radius 2 is 0.648 bits per heavy atom. The molecule has 0 fully saturated rings. The molecule has 0 aliphatic rings. The molecule has 0 N–H and O–H groups in total. The maximum Gasteiger partial charge on any atom is 0.160 e. The lowest BCUT2D eigenvalue weighted by Gasteiger charge is -2.12. The fourth-order valence-corrected chi connectivity index (χ4v) is 7.71. The third-order valence-corrected chi connectivity index (χ3v) is 10.3. The quantitative estimate of drug-likeness (QED) is 0.185. The molecule has 7 aromatic carbocycles. The minimum absolute atomic E-state index is 0.652. The summed E-state index contributed by atoms with van der Waals surface area (Å²) in [5.74, 6) is 0.652. The first-order chi connectivity index (χ1) is 26.8. The second-order valence-corrected chi connectivity index (χ2v) is 13.5. The van der Waals surface area contributed by atoms with Gasteiger partial charge in [-0.05, 0) is 95.3 Å². The number of hydrogen-bond donors (Lipinski definition) is 0. The molecular formula is C50H32N4. The van der Waals surface area contributed by atoms with E-state index in [1.807, 2.05) is 30.6 Å². The predicted octanol–water partition coefficient (Wildman–Crippen LogP) is 12.8. The molecule has 0 atom stereocenters. The molecule has 0 amide bonds. The van der Waals surface area contributed by atoms with Crippen molar-refractivity contribution in [3.05, 3.63) is 195 Å². The smallest absolute Gasteiger partial charge is 0.160 e. The average Bonchev–Trinajstić information content (AvgIpc) is 3.26. The molecule has 0 unspecified atom stereocenters. The third-order valence-electron chi connectivity index (χ3n) is 10.3. The predicted molar refractivity (Wildman–Crippen MR) is 225 cm³/mol. The first-order valence-electron chi connectivity index (χ1n) is 18.1. The fourth-order valence-electron chi connectivity index (χ4n) is 7.71. The van der Waals surface area contributed by atoms with E-state index in [1.54, 1.807) is 12.4 Å². The molecule has 0 saturated heterocycles. The molecule has 0 saturated carbocycles. The van der Waals surface area contributed by atoms with E-state index in [2.05, 4.69) is 162 Å². The van der Waals surface area contributed by atoms with Crippen LogP contribution in [0.15, 0.2) is 195 Å². The first kappa shape index (κ1) is 31.4. The fraction of sp³-hybridized carbons (Fsp3) is 0. The highest BCUT2D eigenvalue weighted by molar-refractivity contribution is 6.26. The largest absolute Gasteiger partial charge is 0.264 e. The minimum Gasteiger partial charge on any atom is -0.264 e. The van der Waals surface area contributed by atoms with Crippen molar-refractivity contribution in [3.8, 4) is 45.0 Å². The van der Waals surface area contributed by atoms with Crippen molar-refractivity contribution in [3.63, 3.8) is 0 Å². The van der Waals surface area contributed by atoms with E-state index in [4.69, 9.17) is 9.97 Å². The highest BCUT2D eigenvalue weighted by Crippen LogP contribution is 2.37. The molecule has 54 heavy (non-hydrogen) atoms. The van der Waals surface area contributed by atoms with Gasteiger partial charge in [0.1, 0.15) is 0 Å². The van der Waals surface area contributed by atoms with Gasteiger partial charge in [-0.15, -0.1) is 0 Å². The van der Waals surface area contributed by atoms with Crippen LogP contribution in [0, 0.1) is 0 Å². The van der Waals surface area contributed by atoms with E-state index in [0.29, 0.717) is 5.82 Å². The molecule has 3 aromatic heterocycles. The van der Waals surface area contributed by atoms with Gasteiger partial charge in [0.2, 0.25) is 0 Å². The molecule has 0 aliphatic heterocycles. The molecule has 3 heterocycles. The van der Waals surface area contributed by atoms with E-state index >= 15 is 0 Å². The van der Waals surface area contributed by atoms with Crippen molar-refractivity contribution >= 4 is 53.9 Å². The highest BCUT2D eigenvalue weighted by Gasteiger charge is 2.14. The van der Waals surface area contributed by atoms with Gasteiger partial charge in [-0.2, -0.15) is 0 Å². The molecule has 10 rings (SSSR count). The summed E-state index contributed by atoms with van der Waals surface area (Å²) in [6, 6.07) is 60.3. The SMILES string of the molecule is c1cncc(-c2ccc(-c3cc(-c4cccnc4)nc(-c4ccc5c6ccccc6c6ccccc6c6ccccc6c6ccccc6c5c4)n3)cc2)c1. The van der Waals surface area contributed by atoms with Crippen molar-refractivity contribution in [2.75, 3.05) is 0 Å². The summed E-state index contributed by atoms with van der Waals surface area (Å²) in [5.41, 5.74) is 6.70. The lowest BCUT2D eigenvalue weighted by Crippen LogP contribution is -1.96. The van der Waals surface area contributed by atoms with E-state index in [-0.39, 0.29) is 0 Å². The monoisotopic (exact) mass is 688 g/mol. The Bertz CT molecular complexity index is 3010. The number of aromatic nitrogens is 4. The summed E-state index contributed by atoms with van der Waals surface area (Å²) in [6.45, 7) is 0. The molecular weight excluding hydrogens is 657 g/mol. The molecule has 0 bridgehead atoms. The Morgan fingerprint density at radius 1 is 0.259 bits per heavy atom. The van der Waals surface area contributed by atoms with Gasteiger partial charge in [-0.25, -0.2) is 9.97 Å². The lowest BCUT2D eigenvalue weighted by molar-refractivity contribution is 1.18. The number of hydrogen-bond acceptors (Lipinski definition) is 4. The molecule has 10 aromatic rings. The van der Waals surface area contributed by atoms with Crippen LogP contribution < -0.4 is 0 Å². The third kappa shape index (κ3) is 5.58. The molecule has 0 radical (unpaired) electrons. The zero-order valence-electron chi connectivity index (χ0n) is 29.3. The topological polar surface area (TPSA) is 51.6 Å². The second kappa shape index (κ2) is 13.4. The van der Waals surface area contributed by atoms with Crippen LogP contribution in [0.2, 0.25) is 0 Å². The van der Waals surface area contributed by atoms with Crippen LogP contribution in [-0.4, -0.2) is 19.9 Å². The van der Waals surface area contributed by atoms with Crippen LogP contribution >= 0.6 is 0 Å². The Balaban J connectivity index is 1.28. The molecule has 0 aliphatic carbocycles. The van der Waals surface area contributed by atoms with Gasteiger partial charge in [0, 0.05) is 41.5 Å². The zero-order valence-corrected chi connectivity index (χ0v) is 29.3. The van der Waals surface area contributed by atoms with Gasteiger partial charge in [-0.3, -0.25) is 9.97 Å². The molecule has 4 nitrogen and oxygen atoms in total. The number of benzene rings is 6. The van der Waals surface area contributed by atoms with Gasteiger partial charge in [0.05, 0.1) is 11.4 Å². The number of fused-ring (bicyclic) bond motifs is 10. The summed E-state index contributed by atoms with van der Waals surface area (Å²) < 4.78 is 0. The van der Waals surface area contributed by atoms with Crippen LogP contribution in [0.5, 0.6) is 0 Å². The summed E-state index contributed by atoms with van der Waals surface area (Å²) in [7, 11) is 0. The summed E-state index contributed by atoms with van der Waals surface area (Å²) in [5, 5.41) is 11.8. The lowest BCUT2D eigenvalue weighted by atomic mass is 9.93. The molecule has 0 spiro atoms. The van der Waals surface area contributed by atoms with Crippen molar-refractivity contribution < 1.29 is 0 Å². The van der Waals surface area contributed by atoms with Gasteiger partial charge >= 0.3 is 0 Å². The highest BCUT2D eigenvalue weighted by atomic mass is 14.9. The summed E-state index contributed by atoms with van der Waals surface area (Å²) >= 11 is 0. The maximum atomic E-state index is 5.25. The van der Waals surface area contributed by atoms with Gasteiger partial charge in [0.15, 0.2) is 5.82 Å². The number of nitrogens with zero attached hydrogens (tertiary/aromatic N) is 4. The normalized spacial score (nSPS) is 11.3. The van der Waals surface area contributed by atoms with Crippen LogP contribution in [0.4, 0.5) is 0 Å². The van der Waals surface area contributed by atoms with Gasteiger partial charge in [-0.1, -0.05) is 140 Å². The van der Waals surface area contributed by atoms with Crippen LogP contribution in [-0.2, 0) is 0 Å². The standard InChI is InChI=1S/C50H32N4/c1-2-15-40-38(13-1)39-14-3-4-16-41(39)43-18-7-8-20-45(43)47-29-35(25-26-46(47)44-19-6-5-17-42(40)44)50-53-48(30-49(54-50)37-12-10-28-52-32-37)34-23-21-33(22-24-34)36-11-9-27-51-31-36/h1-32H. The van der Waals surface area contributed by atoms with E-state index in [0.717, 1.165) is 55.4 Å².